The summed E-state index contributed by atoms with van der Waals surface area (Å²) in [6.45, 7) is 5.00. The number of urea groups is 1. The Kier molecular flexibility index (Phi) is 6.68. The van der Waals surface area contributed by atoms with Crippen LogP contribution in [0.3, 0.4) is 0 Å². The first-order chi connectivity index (χ1) is 17.0. The maximum atomic E-state index is 12.6. The van der Waals surface area contributed by atoms with E-state index in [0.29, 0.717) is 16.4 Å². The molecule has 0 unspecified atom stereocenters. The molecule has 180 valence electrons. The summed E-state index contributed by atoms with van der Waals surface area (Å²) in [6.07, 6.45) is 5.47. The van der Waals surface area contributed by atoms with Gasteiger partial charge in [0.05, 0.1) is 17.9 Å². The molecule has 4 aromatic rings. The first-order valence-electron chi connectivity index (χ1n) is 11.6. The molecule has 2 aromatic carbocycles. The van der Waals surface area contributed by atoms with Gasteiger partial charge in [0.2, 0.25) is 0 Å². The Morgan fingerprint density at radius 3 is 2.40 bits per heavy atom. The van der Waals surface area contributed by atoms with E-state index < -0.39 is 0 Å². The van der Waals surface area contributed by atoms with E-state index >= 15 is 0 Å². The summed E-state index contributed by atoms with van der Waals surface area (Å²) >= 11 is 6.52. The number of aromatic nitrogens is 3. The minimum Gasteiger partial charge on any atom is -0.308 e. The molecular formula is C26H28ClN7O. The van der Waals surface area contributed by atoms with Crippen LogP contribution in [-0.2, 0) is 13.6 Å². The summed E-state index contributed by atoms with van der Waals surface area (Å²) < 4.78 is 1.80. The van der Waals surface area contributed by atoms with Crippen molar-refractivity contribution in [2.75, 3.05) is 43.9 Å². The van der Waals surface area contributed by atoms with Crippen molar-refractivity contribution in [2.45, 2.75) is 6.54 Å². The molecule has 8 nitrogen and oxygen atoms in total. The minimum atomic E-state index is -0.323. The van der Waals surface area contributed by atoms with Gasteiger partial charge in [-0.25, -0.2) is 4.79 Å². The molecule has 0 saturated carbocycles. The van der Waals surface area contributed by atoms with Gasteiger partial charge in [0.1, 0.15) is 0 Å². The molecule has 2 amide bonds. The Balaban J connectivity index is 1.20. The molecule has 1 aliphatic heterocycles. The third-order valence-corrected chi connectivity index (χ3v) is 6.78. The molecule has 0 spiro atoms. The number of pyridine rings is 1. The van der Waals surface area contributed by atoms with E-state index in [4.69, 9.17) is 11.6 Å². The van der Waals surface area contributed by atoms with Crippen LogP contribution >= 0.6 is 11.6 Å². The number of carbonyl (C=O) groups excluding carboxylic acids is 1. The fourth-order valence-electron chi connectivity index (χ4n) is 4.32. The molecule has 5 rings (SSSR count). The fraction of sp³-hybridized carbons (Fsp3) is 0.269. The number of nitrogens with zero attached hydrogens (tertiary/aromatic N) is 5. The Morgan fingerprint density at radius 2 is 1.66 bits per heavy atom. The van der Waals surface area contributed by atoms with Gasteiger partial charge in [-0.2, -0.15) is 5.10 Å². The van der Waals surface area contributed by atoms with Crippen LogP contribution in [0.5, 0.6) is 0 Å². The van der Waals surface area contributed by atoms with Crippen molar-refractivity contribution in [1.82, 2.24) is 24.6 Å². The quantitative estimate of drug-likeness (QED) is 0.425. The van der Waals surface area contributed by atoms with Gasteiger partial charge in [0, 0.05) is 73.3 Å². The van der Waals surface area contributed by atoms with E-state index in [2.05, 4.69) is 37.6 Å². The van der Waals surface area contributed by atoms with Gasteiger partial charge in [-0.1, -0.05) is 29.8 Å². The number of rotatable bonds is 5. The van der Waals surface area contributed by atoms with E-state index in [1.165, 1.54) is 0 Å². The monoisotopic (exact) mass is 489 g/mol. The third kappa shape index (κ3) is 5.30. The summed E-state index contributed by atoms with van der Waals surface area (Å²) in [5, 5.41) is 11.8. The van der Waals surface area contributed by atoms with Crippen molar-refractivity contribution in [3.05, 3.63) is 71.6 Å². The fourth-order valence-corrected chi connectivity index (χ4v) is 4.56. The number of likely N-dealkylation sites (N-methyl/N-ethyl adjacent to an activating group) is 1. The molecule has 2 aromatic heterocycles. The van der Waals surface area contributed by atoms with Crippen molar-refractivity contribution in [3.8, 4) is 11.1 Å². The van der Waals surface area contributed by atoms with E-state index in [1.54, 1.807) is 16.9 Å². The Hall–Kier alpha value is -3.46. The molecule has 9 heteroatoms. The second kappa shape index (κ2) is 10.0. The molecule has 1 aliphatic rings. The first kappa shape index (κ1) is 23.3. The number of piperazine rings is 1. The first-order valence-corrected chi connectivity index (χ1v) is 12.0. The normalized spacial score (nSPS) is 14.8. The van der Waals surface area contributed by atoms with E-state index in [0.717, 1.165) is 60.3 Å². The lowest BCUT2D eigenvalue weighted by atomic mass is 10.0. The maximum absolute atomic E-state index is 12.6. The molecule has 1 saturated heterocycles. The SMILES string of the molecule is CN1CCN(Cc2ccc(NC(=O)Nc3ccc(-c4cncc5c4cnn5C)cc3)cc2Cl)CC1. The molecule has 0 radical (unpaired) electrons. The predicted octanol–water partition coefficient (Wildman–Crippen LogP) is 4.68. The zero-order valence-electron chi connectivity index (χ0n) is 19.8. The lowest BCUT2D eigenvalue weighted by Crippen LogP contribution is -2.43. The highest BCUT2D eigenvalue weighted by atomic mass is 35.5. The van der Waals surface area contributed by atoms with Crippen molar-refractivity contribution in [1.29, 1.82) is 0 Å². The number of hydrogen-bond donors (Lipinski definition) is 2. The highest BCUT2D eigenvalue weighted by Crippen LogP contribution is 2.28. The summed E-state index contributed by atoms with van der Waals surface area (Å²) in [4.78, 5) is 21.6. The molecule has 35 heavy (non-hydrogen) atoms. The van der Waals surface area contributed by atoms with Crippen molar-refractivity contribution in [2.24, 2.45) is 7.05 Å². The van der Waals surface area contributed by atoms with Crippen LogP contribution in [0.1, 0.15) is 5.56 Å². The van der Waals surface area contributed by atoms with Gasteiger partial charge in [0.25, 0.3) is 0 Å². The largest absolute Gasteiger partial charge is 0.323 e. The predicted molar refractivity (Wildman–Crippen MR) is 141 cm³/mol. The summed E-state index contributed by atoms with van der Waals surface area (Å²) in [7, 11) is 4.04. The Bertz CT molecular complexity index is 1340. The summed E-state index contributed by atoms with van der Waals surface area (Å²) in [5.41, 5.74) is 5.38. The molecule has 2 N–H and O–H groups in total. The van der Waals surface area contributed by atoms with E-state index in [1.807, 2.05) is 55.8 Å². The van der Waals surface area contributed by atoms with Crippen LogP contribution in [0, 0.1) is 0 Å². The van der Waals surface area contributed by atoms with Gasteiger partial charge >= 0.3 is 6.03 Å². The maximum Gasteiger partial charge on any atom is 0.323 e. The number of amides is 2. The minimum absolute atomic E-state index is 0.323. The number of halogens is 1. The van der Waals surface area contributed by atoms with Crippen LogP contribution in [-0.4, -0.2) is 63.8 Å². The zero-order valence-corrected chi connectivity index (χ0v) is 20.6. The number of nitrogens with one attached hydrogen (secondary N) is 2. The lowest BCUT2D eigenvalue weighted by Gasteiger charge is -2.32. The molecule has 3 heterocycles. The summed E-state index contributed by atoms with van der Waals surface area (Å²) in [6, 6.07) is 13.0. The van der Waals surface area contributed by atoms with Crippen LogP contribution in [0.4, 0.5) is 16.2 Å². The molecule has 0 bridgehead atoms. The van der Waals surface area contributed by atoms with E-state index in [-0.39, 0.29) is 6.03 Å². The smallest absolute Gasteiger partial charge is 0.308 e. The van der Waals surface area contributed by atoms with Crippen molar-refractivity contribution < 1.29 is 4.79 Å². The Morgan fingerprint density at radius 1 is 0.943 bits per heavy atom. The number of benzene rings is 2. The van der Waals surface area contributed by atoms with Crippen molar-refractivity contribution in [3.63, 3.8) is 0 Å². The van der Waals surface area contributed by atoms with Gasteiger partial charge in [0.15, 0.2) is 0 Å². The molecule has 1 fully saturated rings. The molecule has 0 aliphatic carbocycles. The number of hydrogen-bond acceptors (Lipinski definition) is 5. The lowest BCUT2D eigenvalue weighted by molar-refractivity contribution is 0.148. The van der Waals surface area contributed by atoms with Crippen LogP contribution in [0.15, 0.2) is 61.1 Å². The van der Waals surface area contributed by atoms with E-state index in [9.17, 15) is 4.79 Å². The number of anilines is 2. The molecule has 0 atom stereocenters. The number of aryl methyl sites for hydroxylation is 1. The summed E-state index contributed by atoms with van der Waals surface area (Å²) in [5.74, 6) is 0. The zero-order chi connectivity index (χ0) is 24.4. The number of fused-ring (bicyclic) bond motifs is 1. The van der Waals surface area contributed by atoms with Gasteiger partial charge in [-0.15, -0.1) is 0 Å². The van der Waals surface area contributed by atoms with Gasteiger partial charge in [-0.3, -0.25) is 14.6 Å². The average Bonchev–Trinajstić information content (AvgIpc) is 3.23. The topological polar surface area (TPSA) is 78.3 Å². The highest BCUT2D eigenvalue weighted by Gasteiger charge is 2.15. The van der Waals surface area contributed by atoms with Crippen LogP contribution < -0.4 is 10.6 Å². The third-order valence-electron chi connectivity index (χ3n) is 6.43. The number of carbonyl (C=O) groups is 1. The standard InChI is InChI=1S/C26H28ClN7O/c1-32-9-11-34(12-10-32)17-19-5-8-21(13-24(19)27)31-26(35)30-20-6-3-18(4-7-20)22-14-28-16-25-23(22)15-29-33(25)2/h3-8,13-16H,9-12,17H2,1-2H3,(H2,30,31,35). The van der Waals surface area contributed by atoms with Gasteiger partial charge < -0.3 is 15.5 Å². The Labute approximate surface area is 209 Å². The second-order valence-electron chi connectivity index (χ2n) is 8.93. The van der Waals surface area contributed by atoms with Crippen LogP contribution in [0.2, 0.25) is 5.02 Å². The van der Waals surface area contributed by atoms with Gasteiger partial charge in [-0.05, 0) is 42.4 Å². The second-order valence-corrected chi connectivity index (χ2v) is 9.34. The average molecular weight is 490 g/mol. The van der Waals surface area contributed by atoms with Crippen molar-refractivity contribution >= 4 is 39.9 Å². The highest BCUT2D eigenvalue weighted by molar-refractivity contribution is 6.31. The molecular weight excluding hydrogens is 462 g/mol. The van der Waals surface area contributed by atoms with Crippen LogP contribution in [0.25, 0.3) is 22.0 Å².